The average molecular weight is 332 g/mol. The molecule has 2 aliphatic heterocycles. The molecule has 3 heterocycles. The molecule has 0 saturated carbocycles. The van der Waals surface area contributed by atoms with Crippen molar-refractivity contribution in [3.63, 3.8) is 0 Å². The van der Waals surface area contributed by atoms with Crippen LogP contribution in [0.2, 0.25) is 0 Å². The lowest BCUT2D eigenvalue weighted by molar-refractivity contribution is -0.665. The number of carbonyl (C=O) groups is 3. The van der Waals surface area contributed by atoms with E-state index in [1.165, 1.54) is 6.20 Å². The van der Waals surface area contributed by atoms with Gasteiger partial charge in [0.05, 0.1) is 18.7 Å². The molecular formula is C16H22N5O3+. The SMILES string of the molecule is O=C1NCCC[C@@H]1NC(=O)[C@H]1C[NH2+]CCN1C(=O)c1cccnc1. The molecule has 128 valence electrons. The molecule has 2 aliphatic rings. The highest BCUT2D eigenvalue weighted by Gasteiger charge is 2.36. The van der Waals surface area contributed by atoms with Crippen LogP contribution in [0.1, 0.15) is 23.2 Å². The van der Waals surface area contributed by atoms with Crippen molar-refractivity contribution >= 4 is 17.7 Å². The van der Waals surface area contributed by atoms with Crippen LogP contribution in [-0.2, 0) is 9.59 Å². The lowest BCUT2D eigenvalue weighted by Gasteiger charge is -2.34. The number of nitrogens with one attached hydrogen (secondary N) is 2. The highest BCUT2D eigenvalue weighted by Crippen LogP contribution is 2.10. The van der Waals surface area contributed by atoms with Crippen LogP contribution in [0.25, 0.3) is 0 Å². The number of nitrogens with zero attached hydrogens (tertiary/aromatic N) is 2. The monoisotopic (exact) mass is 332 g/mol. The standard InChI is InChI=1S/C16H21N5O3/c22-14-12(4-2-6-19-14)20-15(23)13-10-18-7-8-21(13)16(24)11-3-1-5-17-9-11/h1,3,5,9,12-13,18H,2,4,6-8,10H2,(H,19,22)(H,20,23)/p+1/t12-,13+/m0/s1. The van der Waals surface area contributed by atoms with Crippen molar-refractivity contribution in [3.8, 4) is 0 Å². The summed E-state index contributed by atoms with van der Waals surface area (Å²) in [7, 11) is 0. The number of hydrogen-bond donors (Lipinski definition) is 3. The molecular weight excluding hydrogens is 310 g/mol. The van der Waals surface area contributed by atoms with Crippen LogP contribution >= 0.6 is 0 Å². The van der Waals surface area contributed by atoms with Crippen molar-refractivity contribution in [1.29, 1.82) is 0 Å². The first-order valence-corrected chi connectivity index (χ1v) is 8.27. The van der Waals surface area contributed by atoms with Crippen molar-refractivity contribution in [2.24, 2.45) is 0 Å². The van der Waals surface area contributed by atoms with Crippen molar-refractivity contribution < 1.29 is 19.7 Å². The molecule has 1 aromatic rings. The van der Waals surface area contributed by atoms with Crippen LogP contribution in [0.4, 0.5) is 0 Å². The van der Waals surface area contributed by atoms with Gasteiger partial charge in [-0.2, -0.15) is 0 Å². The minimum atomic E-state index is -0.582. The van der Waals surface area contributed by atoms with E-state index in [-0.39, 0.29) is 17.7 Å². The smallest absolute Gasteiger partial charge is 0.256 e. The second-order valence-corrected chi connectivity index (χ2v) is 6.06. The van der Waals surface area contributed by atoms with E-state index in [9.17, 15) is 14.4 Å². The molecule has 0 aliphatic carbocycles. The summed E-state index contributed by atoms with van der Waals surface area (Å²) in [5.74, 6) is -0.630. The summed E-state index contributed by atoms with van der Waals surface area (Å²) in [5.41, 5.74) is 0.465. The van der Waals surface area contributed by atoms with Crippen LogP contribution in [0.15, 0.2) is 24.5 Å². The molecule has 0 radical (unpaired) electrons. The summed E-state index contributed by atoms with van der Waals surface area (Å²) >= 11 is 0. The van der Waals surface area contributed by atoms with Gasteiger partial charge in [0.15, 0.2) is 6.04 Å². The maximum Gasteiger partial charge on any atom is 0.256 e. The topological polar surface area (TPSA) is 108 Å². The Morgan fingerprint density at radius 1 is 1.42 bits per heavy atom. The minimum absolute atomic E-state index is 0.153. The fourth-order valence-corrected chi connectivity index (χ4v) is 3.11. The number of quaternary nitrogens is 1. The van der Waals surface area contributed by atoms with Gasteiger partial charge in [0.1, 0.15) is 12.6 Å². The third-order valence-electron chi connectivity index (χ3n) is 4.41. The molecule has 0 spiro atoms. The van der Waals surface area contributed by atoms with Gasteiger partial charge in [0.25, 0.3) is 5.91 Å². The molecule has 24 heavy (non-hydrogen) atoms. The van der Waals surface area contributed by atoms with Gasteiger partial charge >= 0.3 is 0 Å². The van der Waals surface area contributed by atoms with Crippen LogP contribution in [-0.4, -0.2) is 65.9 Å². The predicted molar refractivity (Wildman–Crippen MR) is 84.9 cm³/mol. The average Bonchev–Trinajstić information content (AvgIpc) is 2.63. The number of amides is 3. The third kappa shape index (κ3) is 3.53. The van der Waals surface area contributed by atoms with Crippen molar-refractivity contribution in [2.75, 3.05) is 26.2 Å². The Labute approximate surface area is 140 Å². The van der Waals surface area contributed by atoms with E-state index < -0.39 is 12.1 Å². The molecule has 1 aromatic heterocycles. The number of carbonyl (C=O) groups excluding carboxylic acids is 3. The molecule has 0 bridgehead atoms. The molecule has 2 saturated heterocycles. The van der Waals surface area contributed by atoms with Gasteiger partial charge in [-0.25, -0.2) is 0 Å². The number of rotatable bonds is 3. The molecule has 2 atom stereocenters. The van der Waals surface area contributed by atoms with Crippen molar-refractivity contribution in [1.82, 2.24) is 20.5 Å². The van der Waals surface area contributed by atoms with Gasteiger partial charge in [0.2, 0.25) is 11.8 Å². The quantitative estimate of drug-likeness (QED) is 0.587. The molecule has 0 unspecified atom stereocenters. The maximum absolute atomic E-state index is 12.7. The summed E-state index contributed by atoms with van der Waals surface area (Å²) in [6.07, 6.45) is 4.58. The van der Waals surface area contributed by atoms with Crippen LogP contribution in [0.5, 0.6) is 0 Å². The molecule has 2 fully saturated rings. The molecule has 8 heteroatoms. The van der Waals surface area contributed by atoms with Crippen molar-refractivity contribution in [3.05, 3.63) is 30.1 Å². The Morgan fingerprint density at radius 2 is 2.29 bits per heavy atom. The summed E-state index contributed by atoms with van der Waals surface area (Å²) in [6.45, 7) is 2.38. The van der Waals surface area contributed by atoms with E-state index in [0.717, 1.165) is 13.0 Å². The highest BCUT2D eigenvalue weighted by atomic mass is 16.2. The van der Waals surface area contributed by atoms with E-state index in [1.54, 1.807) is 23.2 Å². The van der Waals surface area contributed by atoms with Gasteiger partial charge < -0.3 is 20.9 Å². The Kier molecular flexibility index (Phi) is 5.05. The zero-order valence-electron chi connectivity index (χ0n) is 13.4. The van der Waals surface area contributed by atoms with E-state index in [2.05, 4.69) is 15.6 Å². The van der Waals surface area contributed by atoms with E-state index in [0.29, 0.717) is 31.6 Å². The number of aromatic nitrogens is 1. The largest absolute Gasteiger partial charge is 0.354 e. The molecule has 3 amide bonds. The molecule has 0 aromatic carbocycles. The first-order valence-electron chi connectivity index (χ1n) is 8.27. The Hall–Kier alpha value is -2.48. The van der Waals surface area contributed by atoms with E-state index in [4.69, 9.17) is 0 Å². The number of pyridine rings is 1. The lowest BCUT2D eigenvalue weighted by Crippen LogP contribution is -2.93. The van der Waals surface area contributed by atoms with Crippen LogP contribution in [0.3, 0.4) is 0 Å². The van der Waals surface area contributed by atoms with Gasteiger partial charge in [-0.05, 0) is 25.0 Å². The Balaban J connectivity index is 1.70. The number of piperazine rings is 1. The summed E-state index contributed by atoms with van der Waals surface area (Å²) in [6, 6.07) is 2.30. The van der Waals surface area contributed by atoms with Gasteiger partial charge in [-0.1, -0.05) is 0 Å². The van der Waals surface area contributed by atoms with Crippen LogP contribution < -0.4 is 16.0 Å². The molecule has 3 rings (SSSR count). The highest BCUT2D eigenvalue weighted by molar-refractivity contribution is 5.98. The second-order valence-electron chi connectivity index (χ2n) is 6.06. The van der Waals surface area contributed by atoms with Crippen molar-refractivity contribution in [2.45, 2.75) is 24.9 Å². The fourth-order valence-electron chi connectivity index (χ4n) is 3.11. The Bertz CT molecular complexity index is 621. The van der Waals surface area contributed by atoms with E-state index in [1.807, 2.05) is 5.32 Å². The fraction of sp³-hybridized carbons (Fsp3) is 0.500. The number of piperidine rings is 1. The van der Waals surface area contributed by atoms with Gasteiger partial charge in [-0.3, -0.25) is 19.4 Å². The summed E-state index contributed by atoms with van der Waals surface area (Å²) in [5, 5.41) is 7.56. The number of hydrogen-bond acceptors (Lipinski definition) is 4. The zero-order valence-corrected chi connectivity index (χ0v) is 13.4. The molecule has 8 nitrogen and oxygen atoms in total. The summed E-state index contributed by atoms with van der Waals surface area (Å²) in [4.78, 5) is 42.7. The van der Waals surface area contributed by atoms with Gasteiger partial charge in [0, 0.05) is 18.9 Å². The minimum Gasteiger partial charge on any atom is -0.354 e. The maximum atomic E-state index is 12.7. The molecule has 4 N–H and O–H groups in total. The number of nitrogens with two attached hydrogens (primary N) is 1. The Morgan fingerprint density at radius 3 is 3.04 bits per heavy atom. The third-order valence-corrected chi connectivity index (χ3v) is 4.41. The lowest BCUT2D eigenvalue weighted by atomic mass is 10.1. The normalized spacial score (nSPS) is 24.2. The first kappa shape index (κ1) is 16.4. The second kappa shape index (κ2) is 7.39. The summed E-state index contributed by atoms with van der Waals surface area (Å²) < 4.78 is 0. The zero-order chi connectivity index (χ0) is 16.9. The van der Waals surface area contributed by atoms with Crippen LogP contribution in [0, 0.1) is 0 Å². The predicted octanol–water partition coefficient (Wildman–Crippen LogP) is -2.14. The van der Waals surface area contributed by atoms with Gasteiger partial charge in [-0.15, -0.1) is 0 Å². The van der Waals surface area contributed by atoms with E-state index >= 15 is 0 Å². The first-order chi connectivity index (χ1) is 11.7.